The molecule has 0 radical (unpaired) electrons. The van der Waals surface area contributed by atoms with Gasteiger partial charge in [0, 0.05) is 56.8 Å². The van der Waals surface area contributed by atoms with Gasteiger partial charge in [-0.2, -0.15) is 16.8 Å². The number of rotatable bonds is 12. The van der Waals surface area contributed by atoms with Crippen molar-refractivity contribution in [2.75, 3.05) is 16.8 Å². The van der Waals surface area contributed by atoms with Crippen molar-refractivity contribution in [2.24, 2.45) is 45.4 Å². The Morgan fingerprint density at radius 2 is 1.45 bits per heavy atom. The van der Waals surface area contributed by atoms with Crippen molar-refractivity contribution in [2.45, 2.75) is 136 Å². The van der Waals surface area contributed by atoms with Gasteiger partial charge in [0.25, 0.3) is 26.1 Å². The lowest BCUT2D eigenvalue weighted by atomic mass is 9.44. The SMILES string of the molecule is CC(=O)C1CCC2C3CCC4CC(OC(=O)C(CC(=O)O)NC(=O)c5ccc(C6=c7cc8c(cc7Oc7cc9c(cc76)C(CS(=O)(=O)O)=CC(C)(C)N9)=NC(C)(C)C=C8CS(=O)(=O)O)cc5)CCC4(C)C3CCC12C. The minimum atomic E-state index is -4.49. The predicted molar refractivity (Wildman–Crippen MR) is 282 cm³/mol. The number of anilines is 1. The van der Waals surface area contributed by atoms with Crippen molar-refractivity contribution in [3.8, 4) is 11.5 Å². The minimum Gasteiger partial charge on any atom is -0.481 e. The highest BCUT2D eigenvalue weighted by Crippen LogP contribution is 2.67. The normalized spacial score (nSPS) is 29.2. The number of aliphatic carboxylic acids is 1. The zero-order chi connectivity index (χ0) is 53.9. The van der Waals surface area contributed by atoms with E-state index in [1.165, 1.54) is 12.1 Å². The summed E-state index contributed by atoms with van der Waals surface area (Å²) < 4.78 is 82.1. The van der Waals surface area contributed by atoms with Gasteiger partial charge in [-0.1, -0.05) is 38.1 Å². The molecule has 1 amide bonds. The van der Waals surface area contributed by atoms with Crippen LogP contribution in [0, 0.1) is 40.4 Å². The predicted octanol–water partition coefficient (Wildman–Crippen LogP) is 7.93. The Labute approximate surface area is 438 Å². The first-order valence-corrected chi connectivity index (χ1v) is 29.3. The van der Waals surface area contributed by atoms with Crippen molar-refractivity contribution in [3.05, 3.63) is 99.1 Å². The van der Waals surface area contributed by atoms with Crippen molar-refractivity contribution in [3.63, 3.8) is 0 Å². The molecule has 9 unspecified atom stereocenters. The molecule has 4 fully saturated rings. The molecular weight excluding hydrogens is 999 g/mol. The van der Waals surface area contributed by atoms with Gasteiger partial charge in [0.1, 0.15) is 40.9 Å². The molecule has 3 heterocycles. The number of carbonyl (C=O) groups excluding carboxylic acids is 3. The third kappa shape index (κ3) is 10.1. The van der Waals surface area contributed by atoms with E-state index in [1.807, 2.05) is 13.8 Å². The molecule has 7 aliphatic rings. The number of nitrogens with one attached hydrogen (secondary N) is 2. The number of carboxylic acids is 1. The van der Waals surface area contributed by atoms with Gasteiger partial charge in [0.05, 0.1) is 22.9 Å². The van der Waals surface area contributed by atoms with E-state index in [4.69, 9.17) is 14.5 Å². The Morgan fingerprint density at radius 1 is 0.787 bits per heavy atom. The molecule has 0 spiro atoms. The maximum absolute atomic E-state index is 14.0. The summed E-state index contributed by atoms with van der Waals surface area (Å²) in [6.45, 7) is 13.8. The van der Waals surface area contributed by atoms with Crippen LogP contribution in [0.5, 0.6) is 11.5 Å². The lowest BCUT2D eigenvalue weighted by Crippen LogP contribution is -2.54. The molecule has 18 heteroatoms. The van der Waals surface area contributed by atoms with Gasteiger partial charge < -0.3 is 25.2 Å². The molecule has 3 aliphatic heterocycles. The molecule has 4 aliphatic carbocycles. The Hall–Kier alpha value is -5.69. The largest absolute Gasteiger partial charge is 0.481 e. The van der Waals surface area contributed by atoms with E-state index in [0.717, 1.165) is 44.9 Å². The first kappa shape index (κ1) is 52.7. The molecule has 75 heavy (non-hydrogen) atoms. The molecule has 3 aromatic rings. The Kier molecular flexibility index (Phi) is 13.0. The van der Waals surface area contributed by atoms with Gasteiger partial charge in [-0.05, 0) is 168 Å². The molecule has 0 bridgehead atoms. The number of nitrogens with zero attached hydrogens (tertiary/aromatic N) is 1. The molecule has 3 aromatic carbocycles. The maximum Gasteiger partial charge on any atom is 0.329 e. The lowest BCUT2D eigenvalue weighted by molar-refractivity contribution is -0.166. The summed E-state index contributed by atoms with van der Waals surface area (Å²) in [5.41, 5.74) is 2.36. The number of carboxylic acid groups (broad SMARTS) is 1. The van der Waals surface area contributed by atoms with Crippen LogP contribution in [0.25, 0.3) is 16.7 Å². The number of hydrogen-bond acceptors (Lipinski definition) is 12. The van der Waals surface area contributed by atoms with Crippen LogP contribution in [0.1, 0.15) is 145 Å². The van der Waals surface area contributed by atoms with E-state index >= 15 is 0 Å². The summed E-state index contributed by atoms with van der Waals surface area (Å²) in [7, 11) is -8.97. The summed E-state index contributed by atoms with van der Waals surface area (Å²) in [5.74, 6) is -1.01. The van der Waals surface area contributed by atoms with Crippen LogP contribution < -0.4 is 25.9 Å². The summed E-state index contributed by atoms with van der Waals surface area (Å²) >= 11 is 0. The first-order valence-electron chi connectivity index (χ1n) is 26.1. The second-order valence-corrected chi connectivity index (χ2v) is 27.0. The van der Waals surface area contributed by atoms with E-state index in [1.54, 1.807) is 69.3 Å². The summed E-state index contributed by atoms with van der Waals surface area (Å²) in [4.78, 5) is 57.7. The maximum atomic E-state index is 14.0. The molecule has 10 rings (SSSR count). The van der Waals surface area contributed by atoms with Crippen molar-refractivity contribution >= 4 is 66.3 Å². The average molecular weight is 1070 g/mol. The molecule has 5 N–H and O–H groups in total. The zero-order valence-electron chi connectivity index (χ0n) is 43.5. The molecular formula is C57H67N3O13S2. The average Bonchev–Trinajstić information content (AvgIpc) is 3.65. The third-order valence-corrected chi connectivity index (χ3v) is 19.4. The third-order valence-electron chi connectivity index (χ3n) is 18.1. The highest BCUT2D eigenvalue weighted by molar-refractivity contribution is 7.86. The highest BCUT2D eigenvalue weighted by atomic mass is 32.2. The fourth-order valence-electron chi connectivity index (χ4n) is 15.0. The molecule has 0 aromatic heterocycles. The Morgan fingerprint density at radius 3 is 2.12 bits per heavy atom. The van der Waals surface area contributed by atoms with Gasteiger partial charge in [0.15, 0.2) is 0 Å². The number of benzene rings is 3. The first-order chi connectivity index (χ1) is 35.0. The van der Waals surface area contributed by atoms with E-state index in [0.29, 0.717) is 109 Å². The van der Waals surface area contributed by atoms with Crippen molar-refractivity contribution in [1.82, 2.24) is 5.32 Å². The second kappa shape index (κ2) is 18.5. The molecule has 4 saturated carbocycles. The molecule has 16 nitrogen and oxygen atoms in total. The number of carbonyl (C=O) groups is 4. The standard InChI is InChI=1S/C57H67N3O13S2/c1-30(61)42-14-15-43-37-13-12-35-20-36(16-18-56(35,6)44(37)17-19-57(42,43)7)72-53(65)47(25-50(62)63)58-52(64)32-10-8-31(9-11-32)51-40-21-38-33(28-74(66,67)68)26-54(2,3)59-45(38)23-48(40)73-49-24-46-39(22-41(49)51)34(29-75(69,70)71)27-55(4,5)60-46/h8-11,21-24,26-27,35-37,42-44,47,59H,12-20,25,28-29H2,1-7H3,(H,58,64)(H,62,63)(H,66,67,68)(H,69,70,71). The minimum absolute atomic E-state index is 0.0579. The van der Waals surface area contributed by atoms with E-state index < -0.39 is 79.2 Å². The highest BCUT2D eigenvalue weighted by Gasteiger charge is 2.61. The quantitative estimate of drug-likeness (QED) is 0.0668. The number of esters is 1. The van der Waals surface area contributed by atoms with Crippen LogP contribution >= 0.6 is 0 Å². The molecule has 9 atom stereocenters. The smallest absolute Gasteiger partial charge is 0.329 e. The van der Waals surface area contributed by atoms with Crippen LogP contribution in [0.2, 0.25) is 0 Å². The number of hydrogen-bond donors (Lipinski definition) is 5. The number of fused-ring (bicyclic) bond motifs is 9. The number of ether oxygens (including phenoxy) is 2. The summed E-state index contributed by atoms with van der Waals surface area (Å²) in [5, 5.41) is 16.9. The summed E-state index contributed by atoms with van der Waals surface area (Å²) in [6, 6.07) is 11.8. The van der Waals surface area contributed by atoms with E-state index in [-0.39, 0.29) is 22.3 Å². The van der Waals surface area contributed by atoms with Crippen LogP contribution in [-0.2, 0) is 39.4 Å². The van der Waals surface area contributed by atoms with Crippen LogP contribution in [0.3, 0.4) is 0 Å². The van der Waals surface area contributed by atoms with Gasteiger partial charge >= 0.3 is 11.9 Å². The van der Waals surface area contributed by atoms with Gasteiger partial charge in [-0.3, -0.25) is 28.5 Å². The number of amides is 1. The van der Waals surface area contributed by atoms with Crippen molar-refractivity contribution in [1.29, 1.82) is 0 Å². The summed E-state index contributed by atoms with van der Waals surface area (Å²) in [6.07, 6.45) is 10.7. The lowest BCUT2D eigenvalue weighted by Gasteiger charge is -2.61. The van der Waals surface area contributed by atoms with Crippen LogP contribution in [-0.4, -0.2) is 89.4 Å². The van der Waals surface area contributed by atoms with Gasteiger partial charge in [-0.15, -0.1) is 0 Å². The zero-order valence-corrected chi connectivity index (χ0v) is 45.1. The van der Waals surface area contributed by atoms with Crippen LogP contribution in [0.4, 0.5) is 5.69 Å². The Bertz CT molecular complexity index is 3380. The number of Topliss-reactive ketones (excluding diaryl/α,β-unsaturated/α-hetero) is 1. The van der Waals surface area contributed by atoms with Gasteiger partial charge in [-0.25, -0.2) is 4.79 Å². The Balaban J connectivity index is 0.930. The molecule has 0 saturated heterocycles. The topological polar surface area (TPSA) is 252 Å². The van der Waals surface area contributed by atoms with E-state index in [2.05, 4.69) is 24.5 Å². The fraction of sp³-hybridized carbons (Fsp3) is 0.526. The molecule has 400 valence electrons. The van der Waals surface area contributed by atoms with Gasteiger partial charge in [0.2, 0.25) is 0 Å². The second-order valence-electron chi connectivity index (χ2n) is 24.1. The fourth-order valence-corrected chi connectivity index (χ4v) is 16.3. The van der Waals surface area contributed by atoms with Crippen LogP contribution in [0.15, 0.2) is 65.7 Å². The van der Waals surface area contributed by atoms with E-state index in [9.17, 15) is 50.2 Å². The monoisotopic (exact) mass is 1070 g/mol. The number of ketones is 1. The van der Waals surface area contributed by atoms with Crippen molar-refractivity contribution < 1.29 is 59.7 Å².